The molecule has 0 aliphatic carbocycles. The molecule has 27 heavy (non-hydrogen) atoms. The number of rotatable bonds is 7. The fraction of sp³-hybridized carbons (Fsp3) is 0.458. The lowest BCUT2D eigenvalue weighted by atomic mass is 9.98. The zero-order valence-electron chi connectivity index (χ0n) is 16.7. The first-order valence-corrected chi connectivity index (χ1v) is 10.3. The third-order valence-corrected chi connectivity index (χ3v) is 5.63. The molecule has 1 aliphatic rings. The monoisotopic (exact) mass is 364 g/mol. The average Bonchev–Trinajstić information content (AvgIpc) is 2.70. The Labute approximate surface area is 164 Å². The predicted molar refractivity (Wildman–Crippen MR) is 113 cm³/mol. The molecule has 0 unspecified atom stereocenters. The van der Waals surface area contributed by atoms with E-state index in [9.17, 15) is 4.79 Å². The molecule has 1 heterocycles. The summed E-state index contributed by atoms with van der Waals surface area (Å²) < 4.78 is 0. The maximum atomic E-state index is 12.8. The predicted octanol–water partition coefficient (Wildman–Crippen LogP) is 4.92. The Morgan fingerprint density at radius 1 is 1.04 bits per heavy atom. The van der Waals surface area contributed by atoms with Crippen molar-refractivity contribution in [2.24, 2.45) is 0 Å². The lowest BCUT2D eigenvalue weighted by Gasteiger charge is -2.41. The fourth-order valence-electron chi connectivity index (χ4n) is 4.15. The van der Waals surface area contributed by atoms with E-state index >= 15 is 0 Å². The zero-order valence-corrected chi connectivity index (χ0v) is 16.7. The third kappa shape index (κ3) is 5.20. The minimum atomic E-state index is 0.263. The average molecular weight is 365 g/mol. The van der Waals surface area contributed by atoms with Gasteiger partial charge in [0.05, 0.1) is 0 Å². The van der Waals surface area contributed by atoms with Gasteiger partial charge in [-0.15, -0.1) is 0 Å². The van der Waals surface area contributed by atoms with Crippen molar-refractivity contribution in [3.05, 3.63) is 66.2 Å². The maximum absolute atomic E-state index is 12.8. The summed E-state index contributed by atoms with van der Waals surface area (Å²) in [7, 11) is 0. The van der Waals surface area contributed by atoms with Crippen molar-refractivity contribution in [2.45, 2.75) is 58.0 Å². The van der Waals surface area contributed by atoms with E-state index in [1.807, 2.05) is 18.2 Å². The number of nitrogens with zero attached hydrogens (tertiary/aromatic N) is 2. The van der Waals surface area contributed by atoms with Crippen LogP contribution in [0.15, 0.2) is 60.7 Å². The quantitative estimate of drug-likeness (QED) is 0.696. The van der Waals surface area contributed by atoms with Crippen molar-refractivity contribution in [3.63, 3.8) is 0 Å². The van der Waals surface area contributed by atoms with Crippen LogP contribution in [0.3, 0.4) is 0 Å². The normalized spacial score (nSPS) is 16.8. The molecule has 0 spiro atoms. The molecular weight excluding hydrogens is 332 g/mol. The van der Waals surface area contributed by atoms with E-state index in [1.54, 1.807) is 0 Å². The van der Waals surface area contributed by atoms with Crippen LogP contribution in [-0.4, -0.2) is 36.0 Å². The number of para-hydroxylation sites is 1. The number of amides is 1. The van der Waals surface area contributed by atoms with Crippen molar-refractivity contribution in [1.29, 1.82) is 0 Å². The smallest absolute Gasteiger partial charge is 0.227 e. The Hall–Kier alpha value is -2.13. The van der Waals surface area contributed by atoms with E-state index in [4.69, 9.17) is 0 Å². The molecule has 0 radical (unpaired) electrons. The molecule has 2 aromatic rings. The lowest BCUT2D eigenvalue weighted by molar-refractivity contribution is -0.119. The summed E-state index contributed by atoms with van der Waals surface area (Å²) in [6, 6.07) is 21.8. The summed E-state index contributed by atoms with van der Waals surface area (Å²) in [5.74, 6) is 0.263. The molecule has 0 bridgehead atoms. The first kappa shape index (κ1) is 19.6. The summed E-state index contributed by atoms with van der Waals surface area (Å²) in [6.45, 7) is 6.52. The second-order valence-corrected chi connectivity index (χ2v) is 7.66. The number of hydrogen-bond donors (Lipinski definition) is 0. The van der Waals surface area contributed by atoms with E-state index in [0.29, 0.717) is 18.5 Å². The summed E-state index contributed by atoms with van der Waals surface area (Å²) in [5, 5.41) is 0. The number of hydrogen-bond acceptors (Lipinski definition) is 2. The van der Waals surface area contributed by atoms with E-state index in [0.717, 1.165) is 44.5 Å². The number of benzene rings is 2. The van der Waals surface area contributed by atoms with Crippen LogP contribution < -0.4 is 4.90 Å². The van der Waals surface area contributed by atoms with Crippen molar-refractivity contribution in [3.8, 4) is 0 Å². The summed E-state index contributed by atoms with van der Waals surface area (Å²) >= 11 is 0. The molecule has 144 valence electrons. The molecule has 0 aromatic heterocycles. The van der Waals surface area contributed by atoms with Crippen molar-refractivity contribution in [1.82, 2.24) is 4.90 Å². The number of carbonyl (C=O) groups excluding carboxylic acids is 1. The molecule has 1 saturated heterocycles. The highest BCUT2D eigenvalue weighted by atomic mass is 16.2. The molecule has 1 atom stereocenters. The maximum Gasteiger partial charge on any atom is 0.227 e. The third-order valence-electron chi connectivity index (χ3n) is 5.63. The van der Waals surface area contributed by atoms with Gasteiger partial charge in [-0.1, -0.05) is 55.5 Å². The van der Waals surface area contributed by atoms with Crippen LogP contribution in [0.5, 0.6) is 0 Å². The highest BCUT2D eigenvalue weighted by molar-refractivity contribution is 5.93. The van der Waals surface area contributed by atoms with Gasteiger partial charge in [0.25, 0.3) is 0 Å². The fourth-order valence-corrected chi connectivity index (χ4v) is 4.15. The minimum Gasteiger partial charge on any atom is -0.309 e. The van der Waals surface area contributed by atoms with Crippen LogP contribution in [-0.2, 0) is 11.2 Å². The Balaban J connectivity index is 1.62. The number of likely N-dealkylation sites (tertiary alicyclic amines) is 1. The van der Waals surface area contributed by atoms with Gasteiger partial charge in [0.2, 0.25) is 5.91 Å². The van der Waals surface area contributed by atoms with Crippen LogP contribution in [0.2, 0.25) is 0 Å². The van der Waals surface area contributed by atoms with Crippen LogP contribution in [0.25, 0.3) is 0 Å². The second-order valence-electron chi connectivity index (χ2n) is 7.66. The Morgan fingerprint density at radius 3 is 2.22 bits per heavy atom. The molecule has 1 aliphatic heterocycles. The Kier molecular flexibility index (Phi) is 7.05. The first-order valence-electron chi connectivity index (χ1n) is 10.3. The molecule has 2 aromatic carbocycles. The van der Waals surface area contributed by atoms with Gasteiger partial charge in [-0.25, -0.2) is 0 Å². The molecule has 0 N–H and O–H groups in total. The largest absolute Gasteiger partial charge is 0.309 e. The number of piperidine rings is 1. The zero-order chi connectivity index (χ0) is 19.1. The summed E-state index contributed by atoms with van der Waals surface area (Å²) in [4.78, 5) is 17.5. The molecular formula is C24H32N2O. The highest BCUT2D eigenvalue weighted by Gasteiger charge is 2.30. The molecule has 0 saturated carbocycles. The SMILES string of the molecule is CCCC(=O)N(c1ccccc1)C1CCN([C@@H](C)Cc2ccccc2)CC1. The van der Waals surface area contributed by atoms with Crippen LogP contribution in [0.1, 0.15) is 45.1 Å². The summed E-state index contributed by atoms with van der Waals surface area (Å²) in [5.41, 5.74) is 2.45. The van der Waals surface area contributed by atoms with Crippen LogP contribution in [0, 0.1) is 0 Å². The molecule has 3 nitrogen and oxygen atoms in total. The van der Waals surface area contributed by atoms with E-state index in [1.165, 1.54) is 5.56 Å². The topological polar surface area (TPSA) is 23.6 Å². The van der Waals surface area contributed by atoms with Gasteiger partial charge in [-0.05, 0) is 50.3 Å². The Bertz CT molecular complexity index is 693. The van der Waals surface area contributed by atoms with Gasteiger partial charge in [-0.3, -0.25) is 4.79 Å². The molecule has 3 rings (SSSR count). The van der Waals surface area contributed by atoms with Crippen molar-refractivity contribution >= 4 is 11.6 Å². The van der Waals surface area contributed by atoms with Gasteiger partial charge in [-0.2, -0.15) is 0 Å². The van der Waals surface area contributed by atoms with E-state index in [2.05, 4.69) is 66.1 Å². The van der Waals surface area contributed by atoms with E-state index in [-0.39, 0.29) is 5.91 Å². The standard InChI is InChI=1S/C24H32N2O/c1-3-10-24(27)26(22-13-8-5-9-14-22)23-15-17-25(18-16-23)20(2)19-21-11-6-4-7-12-21/h4-9,11-14,20,23H,3,10,15-19H2,1-2H3/t20-/m0/s1. The molecule has 1 fully saturated rings. The van der Waals surface area contributed by atoms with Crippen molar-refractivity contribution in [2.75, 3.05) is 18.0 Å². The van der Waals surface area contributed by atoms with Gasteiger partial charge < -0.3 is 9.80 Å². The number of anilines is 1. The minimum absolute atomic E-state index is 0.263. The van der Waals surface area contributed by atoms with Gasteiger partial charge in [0.15, 0.2) is 0 Å². The van der Waals surface area contributed by atoms with Crippen LogP contribution >= 0.6 is 0 Å². The molecule has 1 amide bonds. The summed E-state index contributed by atoms with van der Waals surface area (Å²) in [6.07, 6.45) is 4.70. The van der Waals surface area contributed by atoms with Gasteiger partial charge in [0.1, 0.15) is 0 Å². The van der Waals surface area contributed by atoms with E-state index < -0.39 is 0 Å². The van der Waals surface area contributed by atoms with Crippen LogP contribution in [0.4, 0.5) is 5.69 Å². The van der Waals surface area contributed by atoms with Gasteiger partial charge >= 0.3 is 0 Å². The molecule has 3 heteroatoms. The number of carbonyl (C=O) groups is 1. The van der Waals surface area contributed by atoms with Gasteiger partial charge in [0, 0.05) is 37.3 Å². The highest BCUT2D eigenvalue weighted by Crippen LogP contribution is 2.26. The van der Waals surface area contributed by atoms with Crippen molar-refractivity contribution < 1.29 is 4.79 Å². The Morgan fingerprint density at radius 2 is 1.63 bits per heavy atom. The first-order chi connectivity index (χ1) is 13.2. The second kappa shape index (κ2) is 9.70. The lowest BCUT2D eigenvalue weighted by Crippen LogP contribution is -2.50.